The van der Waals surface area contributed by atoms with Crippen LogP contribution in [-0.4, -0.2) is 39.9 Å². The van der Waals surface area contributed by atoms with Gasteiger partial charge in [0, 0.05) is 14.1 Å². The molecule has 0 saturated carbocycles. The molecule has 84 valence electrons. The molecular weight excluding hydrogens is 214 g/mol. The van der Waals surface area contributed by atoms with Crippen molar-refractivity contribution in [1.29, 1.82) is 0 Å². The minimum atomic E-state index is -3.21. The Morgan fingerprint density at radius 3 is 2.33 bits per heavy atom. The Hall–Kier alpha value is -0.910. The summed E-state index contributed by atoms with van der Waals surface area (Å²) in [5, 5.41) is 1.49. The van der Waals surface area contributed by atoms with E-state index in [0.29, 0.717) is 4.90 Å². The molecule has 5 heteroatoms. The lowest BCUT2D eigenvalue weighted by Crippen LogP contribution is -2.19. The Bertz CT molecular complexity index is 386. The van der Waals surface area contributed by atoms with E-state index in [0.717, 1.165) is 0 Å². The second-order valence-electron chi connectivity index (χ2n) is 3.28. The molecule has 0 aliphatic rings. The molecule has 0 aromatic heterocycles. The van der Waals surface area contributed by atoms with E-state index in [9.17, 15) is 8.42 Å². The van der Waals surface area contributed by atoms with Crippen molar-refractivity contribution in [3.63, 3.8) is 0 Å². The van der Waals surface area contributed by atoms with Gasteiger partial charge in [-0.1, -0.05) is 18.2 Å². The summed E-state index contributed by atoms with van der Waals surface area (Å²) < 4.78 is 23.4. The summed E-state index contributed by atoms with van der Waals surface area (Å²) in [5.41, 5.74) is 0. The number of rotatable bonds is 5. The first-order chi connectivity index (χ1) is 7.02. The van der Waals surface area contributed by atoms with Crippen LogP contribution in [0.4, 0.5) is 0 Å². The topological polar surface area (TPSA) is 46.6 Å². The molecule has 4 nitrogen and oxygen atoms in total. The Balaban J connectivity index is 2.61. The highest BCUT2D eigenvalue weighted by molar-refractivity contribution is 7.91. The van der Waals surface area contributed by atoms with Gasteiger partial charge in [-0.2, -0.15) is 5.06 Å². The fourth-order valence-electron chi connectivity index (χ4n) is 1.08. The van der Waals surface area contributed by atoms with Gasteiger partial charge in [-0.05, 0) is 12.1 Å². The van der Waals surface area contributed by atoms with Crippen molar-refractivity contribution < 1.29 is 13.3 Å². The second kappa shape index (κ2) is 5.25. The van der Waals surface area contributed by atoms with E-state index < -0.39 is 9.84 Å². The van der Waals surface area contributed by atoms with Crippen LogP contribution in [-0.2, 0) is 14.7 Å². The van der Waals surface area contributed by atoms with E-state index in [1.54, 1.807) is 44.4 Å². The van der Waals surface area contributed by atoms with Crippen LogP contribution in [0.5, 0.6) is 0 Å². The third kappa shape index (κ3) is 3.99. The average molecular weight is 229 g/mol. The monoisotopic (exact) mass is 229 g/mol. The van der Waals surface area contributed by atoms with Gasteiger partial charge in [0.25, 0.3) is 0 Å². The van der Waals surface area contributed by atoms with Crippen LogP contribution in [0.3, 0.4) is 0 Å². The molecule has 0 spiro atoms. The van der Waals surface area contributed by atoms with Crippen LogP contribution in [0.25, 0.3) is 0 Å². The van der Waals surface area contributed by atoms with Crippen LogP contribution in [0.15, 0.2) is 35.2 Å². The standard InChI is InChI=1S/C10H15NO3S/c1-11(2)14-8-9-15(12,13)10-6-4-3-5-7-10/h3-7H,8-9H2,1-2H3. The van der Waals surface area contributed by atoms with Crippen molar-refractivity contribution >= 4 is 9.84 Å². The Kier molecular flexibility index (Phi) is 4.26. The summed E-state index contributed by atoms with van der Waals surface area (Å²) in [5.74, 6) is -0.00477. The highest BCUT2D eigenvalue weighted by Gasteiger charge is 2.13. The van der Waals surface area contributed by atoms with Crippen molar-refractivity contribution in [3.05, 3.63) is 30.3 Å². The molecule has 1 rings (SSSR count). The molecule has 0 saturated heterocycles. The highest BCUT2D eigenvalue weighted by atomic mass is 32.2. The predicted octanol–water partition coefficient (Wildman–Crippen LogP) is 0.953. The molecule has 0 heterocycles. The number of hydrogen-bond donors (Lipinski definition) is 0. The second-order valence-corrected chi connectivity index (χ2v) is 5.39. The van der Waals surface area contributed by atoms with Crippen LogP contribution < -0.4 is 0 Å². The van der Waals surface area contributed by atoms with Gasteiger partial charge >= 0.3 is 0 Å². The summed E-state index contributed by atoms with van der Waals surface area (Å²) in [6.07, 6.45) is 0. The minimum absolute atomic E-state index is 0.00477. The lowest BCUT2D eigenvalue weighted by molar-refractivity contribution is -0.112. The van der Waals surface area contributed by atoms with E-state index >= 15 is 0 Å². The minimum Gasteiger partial charge on any atom is -0.298 e. The molecule has 0 N–H and O–H groups in total. The maximum absolute atomic E-state index is 11.7. The molecule has 15 heavy (non-hydrogen) atoms. The number of benzene rings is 1. The maximum Gasteiger partial charge on any atom is 0.180 e. The molecule has 1 aromatic carbocycles. The average Bonchev–Trinajstić information content (AvgIpc) is 2.18. The summed E-state index contributed by atoms with van der Waals surface area (Å²) in [6, 6.07) is 8.38. The smallest absolute Gasteiger partial charge is 0.180 e. The third-order valence-electron chi connectivity index (χ3n) is 1.80. The van der Waals surface area contributed by atoms with E-state index in [2.05, 4.69) is 0 Å². The highest BCUT2D eigenvalue weighted by Crippen LogP contribution is 2.09. The van der Waals surface area contributed by atoms with Gasteiger partial charge in [0.1, 0.15) is 0 Å². The van der Waals surface area contributed by atoms with Crippen molar-refractivity contribution in [2.75, 3.05) is 26.5 Å². The van der Waals surface area contributed by atoms with Gasteiger partial charge in [0.2, 0.25) is 0 Å². The van der Waals surface area contributed by atoms with Crippen LogP contribution >= 0.6 is 0 Å². The number of hydrogen-bond acceptors (Lipinski definition) is 4. The summed E-state index contributed by atoms with van der Waals surface area (Å²) >= 11 is 0. The summed E-state index contributed by atoms with van der Waals surface area (Å²) in [7, 11) is 0.227. The Morgan fingerprint density at radius 2 is 1.80 bits per heavy atom. The molecule has 0 amide bonds. The Labute approximate surface area is 90.3 Å². The number of sulfone groups is 1. The van der Waals surface area contributed by atoms with Gasteiger partial charge in [-0.15, -0.1) is 0 Å². The third-order valence-corrected chi connectivity index (χ3v) is 3.50. The fourth-order valence-corrected chi connectivity index (χ4v) is 2.18. The quantitative estimate of drug-likeness (QED) is 0.705. The van der Waals surface area contributed by atoms with E-state index in [1.165, 1.54) is 5.06 Å². The first-order valence-electron chi connectivity index (χ1n) is 4.60. The first-order valence-corrected chi connectivity index (χ1v) is 6.25. The zero-order valence-corrected chi connectivity index (χ0v) is 9.70. The normalized spacial score (nSPS) is 11.9. The lowest BCUT2D eigenvalue weighted by atomic mass is 10.4. The maximum atomic E-state index is 11.7. The van der Waals surface area contributed by atoms with E-state index in [-0.39, 0.29) is 12.4 Å². The van der Waals surface area contributed by atoms with Gasteiger partial charge in [0.15, 0.2) is 9.84 Å². The summed E-state index contributed by atoms with van der Waals surface area (Å²) in [4.78, 5) is 5.39. The van der Waals surface area contributed by atoms with Gasteiger partial charge < -0.3 is 0 Å². The zero-order valence-electron chi connectivity index (χ0n) is 8.88. The van der Waals surface area contributed by atoms with E-state index in [1.807, 2.05) is 0 Å². The number of nitrogens with zero attached hydrogens (tertiary/aromatic N) is 1. The van der Waals surface area contributed by atoms with Crippen molar-refractivity contribution in [1.82, 2.24) is 5.06 Å². The van der Waals surface area contributed by atoms with Crippen molar-refractivity contribution in [2.24, 2.45) is 0 Å². The van der Waals surface area contributed by atoms with Gasteiger partial charge in [0.05, 0.1) is 17.3 Å². The molecule has 0 unspecified atom stereocenters. The molecule has 0 fully saturated rings. The molecule has 0 radical (unpaired) electrons. The predicted molar refractivity (Wildman–Crippen MR) is 58.1 cm³/mol. The Morgan fingerprint density at radius 1 is 1.20 bits per heavy atom. The molecule has 0 aliphatic heterocycles. The summed E-state index contributed by atoms with van der Waals surface area (Å²) in [6.45, 7) is 0.171. The number of hydroxylamine groups is 2. The molecule has 0 bridgehead atoms. The first kappa shape index (κ1) is 12.2. The lowest BCUT2D eigenvalue weighted by Gasteiger charge is -2.10. The largest absolute Gasteiger partial charge is 0.298 e. The molecule has 0 aliphatic carbocycles. The van der Waals surface area contributed by atoms with E-state index in [4.69, 9.17) is 4.84 Å². The fraction of sp³-hybridized carbons (Fsp3) is 0.400. The molecular formula is C10H15NO3S. The molecule has 0 atom stereocenters. The molecule has 1 aromatic rings. The van der Waals surface area contributed by atoms with Crippen LogP contribution in [0.1, 0.15) is 0 Å². The SMILES string of the molecule is CN(C)OCCS(=O)(=O)c1ccccc1. The van der Waals surface area contributed by atoms with Crippen molar-refractivity contribution in [3.8, 4) is 0 Å². The van der Waals surface area contributed by atoms with Gasteiger partial charge in [-0.25, -0.2) is 8.42 Å². The van der Waals surface area contributed by atoms with Crippen LogP contribution in [0.2, 0.25) is 0 Å². The van der Waals surface area contributed by atoms with Gasteiger partial charge in [-0.3, -0.25) is 4.84 Å². The zero-order chi connectivity index (χ0) is 11.3. The van der Waals surface area contributed by atoms with Crippen LogP contribution in [0, 0.1) is 0 Å². The van der Waals surface area contributed by atoms with Crippen molar-refractivity contribution in [2.45, 2.75) is 4.90 Å².